The molecule has 0 amide bonds. The Balaban J connectivity index is 0.00000361. The molecule has 8 bridgehead atoms. The Bertz CT molecular complexity index is 3810. The van der Waals surface area contributed by atoms with E-state index in [4.69, 9.17) is 32.9 Å². The van der Waals surface area contributed by atoms with Crippen molar-refractivity contribution in [3.05, 3.63) is 131 Å². The smallest absolute Gasteiger partial charge is 1.00 e. The second kappa shape index (κ2) is 22.5. The van der Waals surface area contributed by atoms with Gasteiger partial charge in [0.15, 0.2) is 0 Å². The molecule has 2 aliphatic rings. The van der Waals surface area contributed by atoms with E-state index in [2.05, 4.69) is 9.97 Å². The Morgan fingerprint density at radius 2 is 0.806 bits per heavy atom. The summed E-state index contributed by atoms with van der Waals surface area (Å²) in [5, 5.41) is -2.30. The molecule has 0 aliphatic carbocycles. The minimum atomic E-state index is -5.16. The molecule has 7 aromatic rings. The number of nitrogens with one attached hydrogen (secondary N) is 2. The van der Waals surface area contributed by atoms with E-state index >= 15 is 0 Å². The van der Waals surface area contributed by atoms with Crippen molar-refractivity contribution in [3.8, 4) is 33.4 Å². The Kier molecular flexibility index (Phi) is 18.8. The molecule has 9 rings (SSSR count). The summed E-state index contributed by atoms with van der Waals surface area (Å²) in [7, 11) is -20.4. The molecule has 0 unspecified atom stereocenters. The summed E-state index contributed by atoms with van der Waals surface area (Å²) in [6.45, 7) is 0. The average molecular weight is 1090 g/mol. The topological polar surface area (TPSA) is 392 Å². The molecule has 0 fully saturated rings. The van der Waals surface area contributed by atoms with Gasteiger partial charge in [-0.05, 0) is 72.8 Å². The predicted octanol–water partition coefficient (Wildman–Crippen LogP) is -6.92. The van der Waals surface area contributed by atoms with Crippen LogP contribution in [-0.2, 0) is 18.3 Å². The van der Waals surface area contributed by atoms with Crippen molar-refractivity contribution in [1.82, 2.24) is 19.9 Å². The average Bonchev–Trinajstić information content (AvgIpc) is 4.05. The van der Waals surface area contributed by atoms with Gasteiger partial charge in [-0.25, -0.2) is 9.97 Å². The molecular weight excluding hydrogens is 1050 g/mol. The number of nitrogens with zero attached hydrogens (tertiary/aromatic N) is 2. The fourth-order valence-corrected chi connectivity index (χ4v) is 11.2. The molecular formula is C44H42N8Na4O12P4. The zero-order chi connectivity index (χ0) is 48.8. The number of anilines is 4. The van der Waals surface area contributed by atoms with Gasteiger partial charge in [-0.3, -0.25) is 18.3 Å². The maximum absolute atomic E-state index is 13.1. The third kappa shape index (κ3) is 11.7. The van der Waals surface area contributed by atoms with Crippen LogP contribution < -0.4 is 162 Å². The maximum atomic E-state index is 13.1. The standard InChI is InChI=1S/C44H38N8O12P4.4Na.4H/c45-39-26(5-1-9-32(39)65(53,54)55)30-19-25-18-23-14-13-21(49-23)17-22-15-16-24(50-22)20-31-36(27-6-2-10-33(40(27)46)66(56,57)58)37(28-7-3-11-34(41(28)47)67(59,60)61)44(52-31)38(43(30)51-25)29-8-4-12-35(42(29)48)68(62,63)64;;;;;;;;/h1-20,49,52H,45-48H2,(H2,53,54,55)(H2,56,57,58)(H2,59,60,61)(H2,62,63,64);;;;;;;;/q;4*+1;4*-1. The van der Waals surface area contributed by atoms with Gasteiger partial charge in [-0.15, -0.1) is 0 Å². The molecule has 5 heterocycles. The van der Waals surface area contributed by atoms with E-state index in [1.54, 1.807) is 48.6 Å². The molecule has 28 heteroatoms. The van der Waals surface area contributed by atoms with Gasteiger partial charge in [-0.2, -0.15) is 0 Å². The van der Waals surface area contributed by atoms with E-state index in [-0.39, 0.29) is 197 Å². The number of para-hydroxylation sites is 4. The zero-order valence-electron chi connectivity index (χ0n) is 42.8. The number of nitrogen functional groups attached to an aromatic ring is 4. The van der Waals surface area contributed by atoms with Crippen LogP contribution in [0.2, 0.25) is 0 Å². The summed E-state index contributed by atoms with van der Waals surface area (Å²) in [5.74, 6) is 0. The molecule has 18 N–H and O–H groups in total. The first-order valence-corrected chi connectivity index (χ1v) is 26.3. The summed E-state index contributed by atoms with van der Waals surface area (Å²) in [6.07, 6.45) is 4.96. The van der Waals surface area contributed by atoms with Gasteiger partial charge in [-0.1, -0.05) is 48.5 Å². The first kappa shape index (κ1) is 60.1. The molecule has 0 radical (unpaired) electrons. The van der Waals surface area contributed by atoms with Crippen molar-refractivity contribution in [2.24, 2.45) is 0 Å². The Morgan fingerprint density at radius 1 is 0.431 bits per heavy atom. The number of fused-ring (bicyclic) bond motifs is 8. The normalized spacial score (nSPS) is 12.5. The summed E-state index contributed by atoms with van der Waals surface area (Å²) < 4.78 is 52.0. The number of aromatic amines is 2. The molecule has 72 heavy (non-hydrogen) atoms. The molecule has 3 aromatic heterocycles. The van der Waals surface area contributed by atoms with Gasteiger partial charge in [0.25, 0.3) is 0 Å². The number of aromatic nitrogens is 4. The van der Waals surface area contributed by atoms with Crippen LogP contribution in [0.1, 0.15) is 34.0 Å². The molecule has 0 saturated carbocycles. The maximum Gasteiger partial charge on any atom is 1.00 e. The van der Waals surface area contributed by atoms with Crippen molar-refractivity contribution in [2.45, 2.75) is 0 Å². The van der Waals surface area contributed by atoms with Crippen molar-refractivity contribution >= 4 is 120 Å². The summed E-state index contributed by atoms with van der Waals surface area (Å²) in [5.41, 5.74) is 27.2. The number of H-pyrrole nitrogens is 2. The Morgan fingerprint density at radius 3 is 1.25 bits per heavy atom. The van der Waals surface area contributed by atoms with Crippen LogP contribution in [0.4, 0.5) is 22.7 Å². The van der Waals surface area contributed by atoms with Gasteiger partial charge in [0.2, 0.25) is 0 Å². The second-order valence-corrected chi connectivity index (χ2v) is 22.0. The van der Waals surface area contributed by atoms with Crippen LogP contribution in [0.3, 0.4) is 0 Å². The Labute approximate surface area is 503 Å². The van der Waals surface area contributed by atoms with Crippen LogP contribution in [0.25, 0.3) is 79.2 Å². The van der Waals surface area contributed by atoms with E-state index in [1.165, 1.54) is 48.5 Å². The molecule has 0 spiro atoms. The van der Waals surface area contributed by atoms with Gasteiger partial charge < -0.3 is 77.8 Å². The van der Waals surface area contributed by atoms with Crippen molar-refractivity contribution in [1.29, 1.82) is 0 Å². The quantitative estimate of drug-likeness (QED) is 0.0382. The first-order chi connectivity index (χ1) is 31.9. The summed E-state index contributed by atoms with van der Waals surface area (Å²) >= 11 is 0. The monoisotopic (exact) mass is 1090 g/mol. The zero-order valence-corrected chi connectivity index (χ0v) is 50.3. The number of hydrogen-bond acceptors (Lipinski definition) is 10. The first-order valence-electron chi connectivity index (χ1n) is 19.9. The molecule has 4 aromatic carbocycles. The van der Waals surface area contributed by atoms with Gasteiger partial charge in [0, 0.05) is 61.1 Å². The van der Waals surface area contributed by atoms with Gasteiger partial charge in [0.05, 0.1) is 72.3 Å². The van der Waals surface area contributed by atoms with Crippen LogP contribution >= 0.6 is 30.4 Å². The summed E-state index contributed by atoms with van der Waals surface area (Å²) in [6, 6.07) is 24.1. The fraction of sp³-hybridized carbons (Fsp3) is 0. The van der Waals surface area contributed by atoms with E-state index in [0.717, 1.165) is 24.3 Å². The van der Waals surface area contributed by atoms with Crippen LogP contribution in [0.5, 0.6) is 0 Å². The minimum Gasteiger partial charge on any atom is -1.00 e. The number of rotatable bonds is 8. The molecule has 2 aliphatic heterocycles. The minimum absolute atomic E-state index is 0. The third-order valence-electron chi connectivity index (χ3n) is 11.3. The van der Waals surface area contributed by atoms with Crippen LogP contribution in [0.15, 0.2) is 103 Å². The van der Waals surface area contributed by atoms with E-state index in [9.17, 15) is 57.4 Å². The number of benzene rings is 4. The van der Waals surface area contributed by atoms with Crippen molar-refractivity contribution in [3.63, 3.8) is 0 Å². The van der Waals surface area contributed by atoms with E-state index in [0.29, 0.717) is 22.4 Å². The third-order valence-corrected chi connectivity index (χ3v) is 15.4. The van der Waals surface area contributed by atoms with Crippen LogP contribution in [0, 0.1) is 0 Å². The van der Waals surface area contributed by atoms with Crippen LogP contribution in [-0.4, -0.2) is 59.1 Å². The number of nitrogens with two attached hydrogens (primary N) is 4. The predicted molar refractivity (Wildman–Crippen MR) is 268 cm³/mol. The van der Waals surface area contributed by atoms with Crippen molar-refractivity contribution in [2.75, 3.05) is 22.9 Å². The number of hydrogen-bond donors (Lipinski definition) is 14. The van der Waals surface area contributed by atoms with Crippen molar-refractivity contribution < 1.29 is 181 Å². The molecule has 20 nitrogen and oxygen atoms in total. The Hall–Kier alpha value is -2.72. The SMILES string of the molecule is Nc1c(C2=Cc3cc4ccc(cc5nc(cc6[nH]c(c(-c7cccc(P(=O)(O)O)c7N)c2n3)c(-c2cccc(P(=O)(O)O)c2N)c6-c2cccc(P(=O)(O)O)c2N)C=C5)[nH]4)cccc1P(=O)(O)O.[H-].[H-].[H-].[H-].[Na+].[Na+].[Na+].[Na+]. The molecule has 0 atom stereocenters. The molecule has 354 valence electrons. The van der Waals surface area contributed by atoms with Gasteiger partial charge in [0.1, 0.15) is 0 Å². The van der Waals surface area contributed by atoms with E-state index in [1.807, 2.05) is 0 Å². The largest absolute Gasteiger partial charge is 1.00 e. The summed E-state index contributed by atoms with van der Waals surface area (Å²) in [4.78, 5) is 101. The molecule has 0 saturated heterocycles. The fourth-order valence-electron chi connectivity index (χ4n) is 8.39. The van der Waals surface area contributed by atoms with E-state index < -0.39 is 68.7 Å². The second-order valence-electron chi connectivity index (χ2n) is 15.7. The van der Waals surface area contributed by atoms with Gasteiger partial charge >= 0.3 is 149 Å².